The molecule has 2 aromatic carbocycles. The number of methoxy groups -OCH3 is 1. The summed E-state index contributed by atoms with van der Waals surface area (Å²) in [5, 5.41) is 6.87. The van der Waals surface area contributed by atoms with Crippen molar-refractivity contribution in [2.24, 2.45) is 0 Å². The minimum absolute atomic E-state index is 0.0707. The van der Waals surface area contributed by atoms with Crippen molar-refractivity contribution in [3.05, 3.63) is 83.7 Å². The molecule has 31 heavy (non-hydrogen) atoms. The summed E-state index contributed by atoms with van der Waals surface area (Å²) in [6.45, 7) is 1.85. The number of ether oxygens (including phenoxy) is 1. The van der Waals surface area contributed by atoms with Crippen molar-refractivity contribution in [1.82, 2.24) is 19.9 Å². The second kappa shape index (κ2) is 8.51. The van der Waals surface area contributed by atoms with Crippen LogP contribution in [0, 0.1) is 0 Å². The number of hydrogen-bond acceptors (Lipinski definition) is 4. The average molecular weight is 422 g/mol. The zero-order valence-corrected chi connectivity index (χ0v) is 16.9. The first-order valence-corrected chi connectivity index (χ1v) is 9.65. The molecule has 0 aliphatic rings. The average Bonchev–Trinajstić information content (AvgIpc) is 3.23. The highest BCUT2D eigenvalue weighted by molar-refractivity contribution is 6.00. The SMILES string of the molecule is COc1ccc(-c2cc(C(F)F)n3ncc(C(=O)NC(C)c4ccccc4)c3n2)cc1. The quantitative estimate of drug-likeness (QED) is 0.483. The third-order valence-corrected chi connectivity index (χ3v) is 5.00. The van der Waals surface area contributed by atoms with Crippen molar-refractivity contribution < 1.29 is 18.3 Å². The van der Waals surface area contributed by atoms with E-state index in [-0.39, 0.29) is 22.9 Å². The second-order valence-electron chi connectivity index (χ2n) is 6.99. The van der Waals surface area contributed by atoms with Crippen LogP contribution in [0.25, 0.3) is 16.9 Å². The first-order valence-electron chi connectivity index (χ1n) is 9.65. The molecule has 0 saturated carbocycles. The van der Waals surface area contributed by atoms with Crippen LogP contribution in [-0.4, -0.2) is 27.6 Å². The summed E-state index contributed by atoms with van der Waals surface area (Å²) in [7, 11) is 1.54. The molecule has 0 spiro atoms. The molecule has 4 rings (SSSR count). The number of halogens is 2. The summed E-state index contributed by atoms with van der Waals surface area (Å²) < 4.78 is 33.6. The van der Waals surface area contributed by atoms with Crippen molar-refractivity contribution in [2.45, 2.75) is 19.4 Å². The third kappa shape index (κ3) is 4.09. The first-order chi connectivity index (χ1) is 15.0. The van der Waals surface area contributed by atoms with Crippen molar-refractivity contribution in [3.8, 4) is 17.0 Å². The van der Waals surface area contributed by atoms with Crippen LogP contribution >= 0.6 is 0 Å². The molecule has 0 bridgehead atoms. The Bertz CT molecular complexity index is 1210. The summed E-state index contributed by atoms with van der Waals surface area (Å²) in [6, 6.07) is 17.3. The molecule has 0 fully saturated rings. The van der Waals surface area contributed by atoms with E-state index in [1.807, 2.05) is 37.3 Å². The van der Waals surface area contributed by atoms with Gasteiger partial charge in [0.2, 0.25) is 0 Å². The van der Waals surface area contributed by atoms with Gasteiger partial charge in [0.1, 0.15) is 17.0 Å². The normalized spacial score (nSPS) is 12.2. The predicted octanol–water partition coefficient (Wildman–Crippen LogP) is 4.83. The minimum Gasteiger partial charge on any atom is -0.497 e. The summed E-state index contributed by atoms with van der Waals surface area (Å²) in [4.78, 5) is 17.4. The Labute approximate surface area is 177 Å². The molecular weight excluding hydrogens is 402 g/mol. The van der Waals surface area contributed by atoms with Gasteiger partial charge < -0.3 is 10.1 Å². The molecular formula is C23H20F2N4O2. The molecule has 1 atom stereocenters. The maximum Gasteiger partial charge on any atom is 0.280 e. The van der Waals surface area contributed by atoms with Gasteiger partial charge in [-0.25, -0.2) is 18.3 Å². The number of aromatic nitrogens is 3. The van der Waals surface area contributed by atoms with Crippen LogP contribution in [0.3, 0.4) is 0 Å². The highest BCUT2D eigenvalue weighted by Gasteiger charge is 2.22. The van der Waals surface area contributed by atoms with Gasteiger partial charge in [-0.15, -0.1) is 0 Å². The lowest BCUT2D eigenvalue weighted by Gasteiger charge is -2.14. The van der Waals surface area contributed by atoms with E-state index in [9.17, 15) is 13.6 Å². The number of carbonyl (C=O) groups excluding carboxylic acids is 1. The van der Waals surface area contributed by atoms with Crippen LogP contribution in [0.1, 0.15) is 41.0 Å². The lowest BCUT2D eigenvalue weighted by atomic mass is 10.1. The van der Waals surface area contributed by atoms with Crippen molar-refractivity contribution in [1.29, 1.82) is 0 Å². The fraction of sp³-hybridized carbons (Fsp3) is 0.174. The number of rotatable bonds is 6. The number of benzene rings is 2. The largest absolute Gasteiger partial charge is 0.497 e. The van der Waals surface area contributed by atoms with Crippen LogP contribution in [0.4, 0.5) is 8.78 Å². The second-order valence-corrected chi connectivity index (χ2v) is 6.99. The monoisotopic (exact) mass is 422 g/mol. The molecule has 2 heterocycles. The van der Waals surface area contributed by atoms with Crippen molar-refractivity contribution >= 4 is 11.6 Å². The number of nitrogens with one attached hydrogen (secondary N) is 1. The van der Waals surface area contributed by atoms with Gasteiger partial charge >= 0.3 is 0 Å². The Morgan fingerprint density at radius 2 is 1.81 bits per heavy atom. The van der Waals surface area contributed by atoms with Gasteiger partial charge in [0.25, 0.3) is 12.3 Å². The van der Waals surface area contributed by atoms with Gasteiger partial charge in [0, 0.05) is 5.56 Å². The van der Waals surface area contributed by atoms with Gasteiger partial charge in [-0.3, -0.25) is 4.79 Å². The van der Waals surface area contributed by atoms with E-state index in [2.05, 4.69) is 15.4 Å². The highest BCUT2D eigenvalue weighted by atomic mass is 19.3. The van der Waals surface area contributed by atoms with Crippen LogP contribution < -0.4 is 10.1 Å². The molecule has 158 valence electrons. The molecule has 0 aliphatic carbocycles. The van der Waals surface area contributed by atoms with E-state index < -0.39 is 12.3 Å². The van der Waals surface area contributed by atoms with Gasteiger partial charge in [-0.05, 0) is 42.8 Å². The fourth-order valence-electron chi connectivity index (χ4n) is 3.31. The summed E-state index contributed by atoms with van der Waals surface area (Å²) >= 11 is 0. The lowest BCUT2D eigenvalue weighted by Crippen LogP contribution is -2.26. The van der Waals surface area contributed by atoms with Gasteiger partial charge in [-0.1, -0.05) is 30.3 Å². The molecule has 0 radical (unpaired) electrons. The Morgan fingerprint density at radius 1 is 1.10 bits per heavy atom. The number of carbonyl (C=O) groups is 1. The Morgan fingerprint density at radius 3 is 2.45 bits per heavy atom. The molecule has 1 amide bonds. The summed E-state index contributed by atoms with van der Waals surface area (Å²) in [5.74, 6) is 0.198. The number of amides is 1. The molecule has 1 N–H and O–H groups in total. The Balaban J connectivity index is 1.74. The molecule has 0 aliphatic heterocycles. The number of alkyl halides is 2. The van der Waals surface area contributed by atoms with Crippen LogP contribution in [0.15, 0.2) is 66.9 Å². The van der Waals surface area contributed by atoms with E-state index in [1.54, 1.807) is 31.4 Å². The van der Waals surface area contributed by atoms with Gasteiger partial charge in [-0.2, -0.15) is 5.10 Å². The van der Waals surface area contributed by atoms with Crippen LogP contribution in [0.5, 0.6) is 5.75 Å². The predicted molar refractivity (Wildman–Crippen MR) is 112 cm³/mol. The van der Waals surface area contributed by atoms with Crippen molar-refractivity contribution in [2.75, 3.05) is 7.11 Å². The van der Waals surface area contributed by atoms with E-state index in [0.717, 1.165) is 10.1 Å². The maximum atomic E-state index is 13.7. The Hall–Kier alpha value is -3.81. The maximum absolute atomic E-state index is 13.7. The van der Waals surface area contributed by atoms with Crippen LogP contribution in [0.2, 0.25) is 0 Å². The smallest absolute Gasteiger partial charge is 0.280 e. The third-order valence-electron chi connectivity index (χ3n) is 5.00. The zero-order chi connectivity index (χ0) is 22.0. The highest BCUT2D eigenvalue weighted by Crippen LogP contribution is 2.28. The van der Waals surface area contributed by atoms with E-state index in [4.69, 9.17) is 4.74 Å². The van der Waals surface area contributed by atoms with Crippen LogP contribution in [-0.2, 0) is 0 Å². The van der Waals surface area contributed by atoms with Gasteiger partial charge in [0.05, 0.1) is 25.0 Å². The Kier molecular flexibility index (Phi) is 5.62. The number of fused-ring (bicyclic) bond motifs is 1. The van der Waals surface area contributed by atoms with E-state index >= 15 is 0 Å². The number of nitrogens with zero attached hydrogens (tertiary/aromatic N) is 3. The molecule has 1 unspecified atom stereocenters. The molecule has 4 aromatic rings. The lowest BCUT2D eigenvalue weighted by molar-refractivity contribution is 0.0941. The van der Waals surface area contributed by atoms with Gasteiger partial charge in [0.15, 0.2) is 5.65 Å². The summed E-state index contributed by atoms with van der Waals surface area (Å²) in [5.41, 5.74) is 1.71. The number of hydrogen-bond donors (Lipinski definition) is 1. The molecule has 0 saturated heterocycles. The van der Waals surface area contributed by atoms with E-state index in [0.29, 0.717) is 17.0 Å². The molecule has 2 aromatic heterocycles. The summed E-state index contributed by atoms with van der Waals surface area (Å²) in [6.07, 6.45) is -1.53. The zero-order valence-electron chi connectivity index (χ0n) is 16.9. The minimum atomic E-state index is -2.79. The fourth-order valence-corrected chi connectivity index (χ4v) is 3.31. The standard InChI is InChI=1S/C23H20F2N4O2/c1-14(15-6-4-3-5-7-15)27-23(30)18-13-26-29-20(21(24)25)12-19(28-22(18)29)16-8-10-17(31-2)11-9-16/h3-14,21H,1-2H3,(H,27,30). The van der Waals surface area contributed by atoms with E-state index in [1.165, 1.54) is 12.3 Å². The molecule has 6 nitrogen and oxygen atoms in total. The van der Waals surface area contributed by atoms with Crippen molar-refractivity contribution in [3.63, 3.8) is 0 Å². The first kappa shape index (κ1) is 20.5. The topological polar surface area (TPSA) is 68.5 Å². The molecule has 8 heteroatoms.